The molecule has 1 unspecified atom stereocenters. The van der Waals surface area contributed by atoms with Crippen LogP contribution in [0.4, 0.5) is 9.59 Å². The lowest BCUT2D eigenvalue weighted by Crippen LogP contribution is -2.47. The van der Waals surface area contributed by atoms with Gasteiger partial charge < -0.3 is 14.8 Å². The highest BCUT2D eigenvalue weighted by atomic mass is 79.9. The van der Waals surface area contributed by atoms with Crippen LogP contribution in [-0.2, 0) is 9.47 Å². The van der Waals surface area contributed by atoms with Crippen LogP contribution < -0.4 is 5.32 Å². The number of ether oxygens (including phenoxy) is 2. The topological polar surface area (TPSA) is 97.8 Å². The van der Waals surface area contributed by atoms with E-state index in [-0.39, 0.29) is 30.6 Å². The van der Waals surface area contributed by atoms with Crippen molar-refractivity contribution in [1.29, 1.82) is 0 Å². The molecule has 0 aromatic carbocycles. The summed E-state index contributed by atoms with van der Waals surface area (Å²) in [6.07, 6.45) is 0.345. The maximum absolute atomic E-state index is 12.7. The number of Topliss-reactive ketones (excluding diaryl/α,β-unsaturated/α-hetero) is 1. The minimum atomic E-state index is -0.646. The predicted molar refractivity (Wildman–Crippen MR) is 118 cm³/mol. The fraction of sp³-hybridized carbons (Fsp3) is 0.600. The summed E-state index contributed by atoms with van der Waals surface area (Å²) in [4.78, 5) is 42.4. The summed E-state index contributed by atoms with van der Waals surface area (Å²) in [5.41, 5.74) is -0.340. The minimum Gasteiger partial charge on any atom is -0.449 e. The zero-order valence-electron chi connectivity index (χ0n) is 18.0. The number of rotatable bonds is 9. The number of aromatic nitrogens is 1. The van der Waals surface area contributed by atoms with E-state index in [4.69, 9.17) is 21.1 Å². The van der Waals surface area contributed by atoms with Gasteiger partial charge in [-0.05, 0) is 62.2 Å². The van der Waals surface area contributed by atoms with Gasteiger partial charge in [-0.25, -0.2) is 14.6 Å². The van der Waals surface area contributed by atoms with Gasteiger partial charge in [0.15, 0.2) is 5.78 Å². The molecule has 168 valence electrons. The Hall–Kier alpha value is -1.87. The molecule has 0 spiro atoms. The van der Waals surface area contributed by atoms with Gasteiger partial charge in [0.25, 0.3) is 0 Å². The molecular weight excluding hydrogens is 478 g/mol. The van der Waals surface area contributed by atoms with Crippen LogP contribution >= 0.6 is 27.5 Å². The fourth-order valence-electron chi connectivity index (χ4n) is 2.37. The molecule has 1 rings (SSSR count). The molecule has 2 amide bonds. The minimum absolute atomic E-state index is 0.0654. The number of hydrogen-bond acceptors (Lipinski definition) is 6. The molecule has 0 bridgehead atoms. The number of unbranched alkanes of at least 4 members (excludes halogenated alkanes) is 1. The first-order chi connectivity index (χ1) is 13.9. The number of carbonyl (C=O) groups is 3. The Balaban J connectivity index is 2.86. The average molecular weight is 507 g/mol. The number of hydrogen-bond donors (Lipinski definition) is 1. The molecule has 0 aliphatic heterocycles. The third-order valence-corrected chi connectivity index (χ3v) is 4.26. The number of nitrogens with one attached hydrogen (secondary N) is 1. The maximum Gasteiger partial charge on any atom is 0.410 e. The van der Waals surface area contributed by atoms with Crippen molar-refractivity contribution in [3.05, 3.63) is 27.5 Å². The van der Waals surface area contributed by atoms with E-state index in [0.29, 0.717) is 16.6 Å². The van der Waals surface area contributed by atoms with Crippen LogP contribution in [0.2, 0.25) is 5.15 Å². The molecular formula is C20H29BrClN3O5. The van der Waals surface area contributed by atoms with Crippen LogP contribution in [0.5, 0.6) is 0 Å². The lowest BCUT2D eigenvalue weighted by atomic mass is 10.1. The van der Waals surface area contributed by atoms with Crippen molar-refractivity contribution < 1.29 is 23.9 Å². The highest BCUT2D eigenvalue weighted by Gasteiger charge is 2.24. The average Bonchev–Trinajstić information content (AvgIpc) is 2.58. The van der Waals surface area contributed by atoms with Crippen molar-refractivity contribution >= 4 is 45.5 Å². The van der Waals surface area contributed by atoms with Gasteiger partial charge in [0.2, 0.25) is 0 Å². The van der Waals surface area contributed by atoms with E-state index >= 15 is 0 Å². The van der Waals surface area contributed by atoms with Crippen LogP contribution in [0, 0.1) is 0 Å². The number of amides is 2. The molecule has 0 saturated heterocycles. The standard InChI is InChI=1S/C20H29BrClN3O5/c1-6-7-8-29-19(28)25(11-13(2)23-18(27)30-20(3,4)5)12-15(26)14-9-16(21)24-17(22)10-14/h9-10,13H,6-8,11-12H2,1-5H3,(H,23,27). The number of alkyl carbamates (subject to hydrolysis) is 1. The molecule has 0 radical (unpaired) electrons. The third-order valence-electron chi connectivity index (χ3n) is 3.66. The highest BCUT2D eigenvalue weighted by Crippen LogP contribution is 2.16. The monoisotopic (exact) mass is 505 g/mol. The molecule has 10 heteroatoms. The molecule has 30 heavy (non-hydrogen) atoms. The van der Waals surface area contributed by atoms with Gasteiger partial charge in [-0.3, -0.25) is 9.69 Å². The number of carbonyl (C=O) groups excluding carboxylic acids is 3. The van der Waals surface area contributed by atoms with E-state index in [9.17, 15) is 14.4 Å². The summed E-state index contributed by atoms with van der Waals surface area (Å²) in [6.45, 7) is 9.03. The number of ketones is 1. The van der Waals surface area contributed by atoms with Crippen molar-refractivity contribution in [3.63, 3.8) is 0 Å². The Morgan fingerprint density at radius 2 is 1.97 bits per heavy atom. The highest BCUT2D eigenvalue weighted by molar-refractivity contribution is 9.10. The van der Waals surface area contributed by atoms with E-state index < -0.39 is 23.8 Å². The van der Waals surface area contributed by atoms with Gasteiger partial charge in [0.05, 0.1) is 13.2 Å². The third kappa shape index (κ3) is 10.2. The zero-order chi connectivity index (χ0) is 22.9. The van der Waals surface area contributed by atoms with Gasteiger partial charge in [-0.1, -0.05) is 24.9 Å². The summed E-state index contributed by atoms with van der Waals surface area (Å²) < 4.78 is 10.9. The molecule has 1 aromatic rings. The summed E-state index contributed by atoms with van der Waals surface area (Å²) in [7, 11) is 0. The Kier molecular flexibility index (Phi) is 10.6. The smallest absolute Gasteiger partial charge is 0.410 e. The van der Waals surface area contributed by atoms with Gasteiger partial charge in [0, 0.05) is 18.2 Å². The van der Waals surface area contributed by atoms with E-state index in [1.165, 1.54) is 17.0 Å². The summed E-state index contributed by atoms with van der Waals surface area (Å²) >= 11 is 9.11. The van der Waals surface area contributed by atoms with Crippen LogP contribution in [0.25, 0.3) is 0 Å². The molecule has 1 heterocycles. The second kappa shape index (κ2) is 12.1. The summed E-state index contributed by atoms with van der Waals surface area (Å²) in [5.74, 6) is -0.336. The summed E-state index contributed by atoms with van der Waals surface area (Å²) in [5, 5.41) is 2.82. The predicted octanol–water partition coefficient (Wildman–Crippen LogP) is 4.83. The van der Waals surface area contributed by atoms with Gasteiger partial charge >= 0.3 is 12.2 Å². The second-order valence-corrected chi connectivity index (χ2v) is 9.02. The number of halogens is 2. The molecule has 8 nitrogen and oxygen atoms in total. The fourth-order valence-corrected chi connectivity index (χ4v) is 3.12. The number of nitrogens with zero attached hydrogens (tertiary/aromatic N) is 2. The van der Waals surface area contributed by atoms with E-state index in [1.807, 2.05) is 6.92 Å². The molecule has 1 N–H and O–H groups in total. The first-order valence-electron chi connectivity index (χ1n) is 9.68. The van der Waals surface area contributed by atoms with Crippen LogP contribution in [-0.4, -0.2) is 59.2 Å². The maximum atomic E-state index is 12.7. The Morgan fingerprint density at radius 3 is 2.53 bits per heavy atom. The van der Waals surface area contributed by atoms with Crippen LogP contribution in [0.1, 0.15) is 57.8 Å². The molecule has 1 atom stereocenters. The summed E-state index contributed by atoms with van der Waals surface area (Å²) in [6, 6.07) is 2.48. The molecule has 0 fully saturated rings. The molecule has 0 saturated carbocycles. The second-order valence-electron chi connectivity index (χ2n) is 7.82. The van der Waals surface area contributed by atoms with Gasteiger partial charge in [-0.2, -0.15) is 0 Å². The van der Waals surface area contributed by atoms with Crippen molar-refractivity contribution in [2.75, 3.05) is 19.7 Å². The Bertz CT molecular complexity index is 734. The largest absolute Gasteiger partial charge is 0.449 e. The van der Waals surface area contributed by atoms with E-state index in [0.717, 1.165) is 6.42 Å². The van der Waals surface area contributed by atoms with Crippen LogP contribution in [0.3, 0.4) is 0 Å². The zero-order valence-corrected chi connectivity index (χ0v) is 20.3. The Morgan fingerprint density at radius 1 is 1.30 bits per heavy atom. The molecule has 1 aromatic heterocycles. The quantitative estimate of drug-likeness (QED) is 0.293. The lowest BCUT2D eigenvalue weighted by Gasteiger charge is -2.26. The first kappa shape index (κ1) is 26.2. The van der Waals surface area contributed by atoms with Crippen molar-refractivity contribution in [2.45, 2.75) is 59.1 Å². The van der Waals surface area contributed by atoms with Gasteiger partial charge in [-0.15, -0.1) is 0 Å². The van der Waals surface area contributed by atoms with Gasteiger partial charge in [0.1, 0.15) is 15.4 Å². The SMILES string of the molecule is CCCCOC(=O)N(CC(=O)c1cc(Cl)nc(Br)c1)CC(C)NC(=O)OC(C)(C)C. The van der Waals surface area contributed by atoms with Crippen molar-refractivity contribution in [3.8, 4) is 0 Å². The molecule has 0 aliphatic rings. The lowest BCUT2D eigenvalue weighted by molar-refractivity contribution is 0.0488. The normalized spacial score (nSPS) is 12.1. The van der Waals surface area contributed by atoms with Crippen LogP contribution in [0.15, 0.2) is 16.7 Å². The van der Waals surface area contributed by atoms with E-state index in [2.05, 4.69) is 26.2 Å². The molecule has 0 aliphatic carbocycles. The number of pyridine rings is 1. The van der Waals surface area contributed by atoms with Crippen molar-refractivity contribution in [1.82, 2.24) is 15.2 Å². The first-order valence-corrected chi connectivity index (χ1v) is 10.9. The van der Waals surface area contributed by atoms with E-state index in [1.54, 1.807) is 27.7 Å². The Labute approximate surface area is 190 Å². The van der Waals surface area contributed by atoms with Crippen molar-refractivity contribution in [2.24, 2.45) is 0 Å².